The highest BCUT2D eigenvalue weighted by Crippen LogP contribution is 2.20. The van der Waals surface area contributed by atoms with Crippen molar-refractivity contribution in [1.29, 1.82) is 5.26 Å². The molecule has 2 unspecified atom stereocenters. The van der Waals surface area contributed by atoms with Gasteiger partial charge in [0.15, 0.2) is 5.82 Å². The number of rotatable bonds is 7. The summed E-state index contributed by atoms with van der Waals surface area (Å²) < 4.78 is 0. The van der Waals surface area contributed by atoms with Crippen LogP contribution in [0.5, 0.6) is 0 Å². The first-order valence-electron chi connectivity index (χ1n) is 8.96. The van der Waals surface area contributed by atoms with E-state index in [0.29, 0.717) is 31.5 Å². The van der Waals surface area contributed by atoms with Gasteiger partial charge in [-0.2, -0.15) is 10.4 Å². The third-order valence-corrected chi connectivity index (χ3v) is 4.53. The highest BCUT2D eigenvalue weighted by Gasteiger charge is 2.21. The van der Waals surface area contributed by atoms with Gasteiger partial charge < -0.3 is 21.3 Å². The lowest BCUT2D eigenvalue weighted by atomic mass is 9.92. The molecule has 8 heteroatoms. The maximum absolute atomic E-state index is 11.8. The van der Waals surface area contributed by atoms with Crippen molar-refractivity contribution < 1.29 is 4.79 Å². The van der Waals surface area contributed by atoms with Crippen molar-refractivity contribution in [2.24, 2.45) is 11.8 Å². The fourth-order valence-electron chi connectivity index (χ4n) is 3.53. The Labute approximate surface area is 149 Å². The molecular formula is C17H29N7O. The summed E-state index contributed by atoms with van der Waals surface area (Å²) in [6.07, 6.45) is 2.63. The number of amides is 2. The molecule has 1 saturated heterocycles. The van der Waals surface area contributed by atoms with Crippen LogP contribution in [-0.2, 0) is 6.42 Å². The second kappa shape index (κ2) is 9.28. The largest absolute Gasteiger partial charge is 0.381 e. The number of aromatic amines is 1. The van der Waals surface area contributed by atoms with E-state index in [1.165, 1.54) is 6.42 Å². The van der Waals surface area contributed by atoms with E-state index in [1.54, 1.807) is 0 Å². The van der Waals surface area contributed by atoms with E-state index in [1.807, 2.05) is 6.07 Å². The van der Waals surface area contributed by atoms with Crippen molar-refractivity contribution in [2.75, 3.05) is 38.5 Å². The Morgan fingerprint density at radius 3 is 2.72 bits per heavy atom. The summed E-state index contributed by atoms with van der Waals surface area (Å²) in [6.45, 7) is 8.88. The van der Waals surface area contributed by atoms with E-state index in [9.17, 15) is 4.79 Å². The number of nitrogens with one attached hydrogen (secondary N) is 3. The average Bonchev–Trinajstić information content (AvgIpc) is 2.90. The van der Waals surface area contributed by atoms with Crippen LogP contribution < -0.4 is 16.4 Å². The number of anilines is 1. The predicted molar refractivity (Wildman–Crippen MR) is 96.8 cm³/mol. The van der Waals surface area contributed by atoms with Gasteiger partial charge in [0, 0.05) is 32.7 Å². The van der Waals surface area contributed by atoms with Crippen molar-refractivity contribution in [3.05, 3.63) is 11.3 Å². The van der Waals surface area contributed by atoms with E-state index < -0.39 is 0 Å². The number of nitrogen functional groups attached to an aromatic ring is 1. The van der Waals surface area contributed by atoms with Crippen LogP contribution in [0.1, 0.15) is 37.9 Å². The third kappa shape index (κ3) is 5.94. The number of nitrogens with zero attached hydrogens (tertiary/aromatic N) is 3. The molecule has 2 heterocycles. The van der Waals surface area contributed by atoms with Gasteiger partial charge in [-0.3, -0.25) is 5.10 Å². The number of piperidine rings is 1. The first-order chi connectivity index (χ1) is 12.0. The van der Waals surface area contributed by atoms with Gasteiger partial charge in [0.1, 0.15) is 11.6 Å². The van der Waals surface area contributed by atoms with Crippen molar-refractivity contribution in [3.63, 3.8) is 0 Å². The molecule has 2 atom stereocenters. The number of nitriles is 1. The number of hydrogen-bond donors (Lipinski definition) is 4. The van der Waals surface area contributed by atoms with Gasteiger partial charge in [-0.05, 0) is 31.1 Å². The smallest absolute Gasteiger partial charge is 0.314 e. The van der Waals surface area contributed by atoms with Gasteiger partial charge in [-0.1, -0.05) is 13.8 Å². The summed E-state index contributed by atoms with van der Waals surface area (Å²) in [6, 6.07) is 1.89. The van der Waals surface area contributed by atoms with E-state index in [0.717, 1.165) is 37.2 Å². The van der Waals surface area contributed by atoms with E-state index in [4.69, 9.17) is 11.0 Å². The number of aryl methyl sites for hydroxylation is 1. The minimum Gasteiger partial charge on any atom is -0.381 e. The van der Waals surface area contributed by atoms with E-state index in [2.05, 4.69) is 39.6 Å². The third-order valence-electron chi connectivity index (χ3n) is 4.53. The van der Waals surface area contributed by atoms with Crippen LogP contribution in [0.4, 0.5) is 10.6 Å². The van der Waals surface area contributed by atoms with Crippen molar-refractivity contribution in [2.45, 2.75) is 33.1 Å². The van der Waals surface area contributed by atoms with Gasteiger partial charge >= 0.3 is 6.03 Å². The lowest BCUT2D eigenvalue weighted by Gasteiger charge is -2.34. The molecule has 2 amide bonds. The van der Waals surface area contributed by atoms with Crippen LogP contribution in [0, 0.1) is 23.2 Å². The molecule has 2 rings (SSSR count). The Morgan fingerprint density at radius 2 is 2.04 bits per heavy atom. The zero-order valence-corrected chi connectivity index (χ0v) is 15.1. The molecule has 1 fully saturated rings. The predicted octanol–water partition coefficient (Wildman–Crippen LogP) is 1.07. The molecule has 8 nitrogen and oxygen atoms in total. The van der Waals surface area contributed by atoms with Crippen LogP contribution in [0.25, 0.3) is 0 Å². The Hall–Kier alpha value is -2.27. The van der Waals surface area contributed by atoms with Crippen molar-refractivity contribution in [3.8, 4) is 6.07 Å². The quantitative estimate of drug-likeness (QED) is 0.550. The molecular weight excluding hydrogens is 318 g/mol. The van der Waals surface area contributed by atoms with Gasteiger partial charge in [0.05, 0.1) is 5.69 Å². The number of nitrogens with two attached hydrogens (primary N) is 1. The Balaban J connectivity index is 1.57. The van der Waals surface area contributed by atoms with Gasteiger partial charge in [-0.15, -0.1) is 0 Å². The fraction of sp³-hybridized carbons (Fsp3) is 0.706. The van der Waals surface area contributed by atoms with Gasteiger partial charge in [0.25, 0.3) is 0 Å². The number of hydrogen-bond acceptors (Lipinski definition) is 5. The van der Waals surface area contributed by atoms with Gasteiger partial charge in [-0.25, -0.2) is 4.79 Å². The van der Waals surface area contributed by atoms with Crippen LogP contribution >= 0.6 is 0 Å². The summed E-state index contributed by atoms with van der Waals surface area (Å²) in [5.74, 6) is 1.68. The zero-order valence-electron chi connectivity index (χ0n) is 15.1. The topological polar surface area (TPSA) is 123 Å². The number of H-pyrrole nitrogens is 1. The number of likely N-dealkylation sites (tertiary alicyclic amines) is 1. The monoisotopic (exact) mass is 347 g/mol. The van der Waals surface area contributed by atoms with E-state index >= 15 is 0 Å². The average molecular weight is 347 g/mol. The molecule has 0 aromatic carbocycles. The number of carbonyl (C=O) groups is 1. The fourth-order valence-corrected chi connectivity index (χ4v) is 3.53. The normalized spacial score (nSPS) is 20.8. The van der Waals surface area contributed by atoms with Crippen LogP contribution in [0.3, 0.4) is 0 Å². The highest BCUT2D eigenvalue weighted by atomic mass is 16.2. The Bertz CT molecular complexity index is 597. The number of urea groups is 1. The molecule has 0 bridgehead atoms. The van der Waals surface area contributed by atoms with Crippen LogP contribution in [0.15, 0.2) is 0 Å². The van der Waals surface area contributed by atoms with Crippen molar-refractivity contribution in [1.82, 2.24) is 25.7 Å². The summed E-state index contributed by atoms with van der Waals surface area (Å²) >= 11 is 0. The summed E-state index contributed by atoms with van der Waals surface area (Å²) in [4.78, 5) is 14.2. The lowest BCUT2D eigenvalue weighted by Crippen LogP contribution is -2.44. The lowest BCUT2D eigenvalue weighted by molar-refractivity contribution is 0.142. The summed E-state index contributed by atoms with van der Waals surface area (Å²) in [5.41, 5.74) is 6.70. The number of carbonyl (C=O) groups excluding carboxylic acids is 1. The zero-order chi connectivity index (χ0) is 18.2. The Morgan fingerprint density at radius 1 is 1.36 bits per heavy atom. The molecule has 0 spiro atoms. The summed E-state index contributed by atoms with van der Waals surface area (Å²) in [5, 5.41) is 21.3. The molecule has 0 saturated carbocycles. The number of aromatic nitrogens is 2. The minimum atomic E-state index is -0.150. The molecule has 0 aliphatic carbocycles. The first kappa shape index (κ1) is 19.1. The maximum atomic E-state index is 11.8. The Kier molecular flexibility index (Phi) is 7.07. The molecule has 0 radical (unpaired) electrons. The van der Waals surface area contributed by atoms with E-state index in [-0.39, 0.29) is 11.8 Å². The van der Waals surface area contributed by atoms with Crippen molar-refractivity contribution >= 4 is 11.8 Å². The molecule has 1 aliphatic heterocycles. The second-order valence-electron chi connectivity index (χ2n) is 7.07. The molecule has 5 N–H and O–H groups in total. The van der Waals surface area contributed by atoms with Crippen LogP contribution in [0.2, 0.25) is 0 Å². The minimum absolute atomic E-state index is 0.150. The van der Waals surface area contributed by atoms with Crippen LogP contribution in [-0.4, -0.2) is 53.9 Å². The molecule has 1 aromatic heterocycles. The highest BCUT2D eigenvalue weighted by molar-refractivity contribution is 5.73. The molecule has 138 valence electrons. The first-order valence-corrected chi connectivity index (χ1v) is 8.96. The SMILES string of the molecule is CC1CC(C)CN(CCNC(=O)NCCCc2[nH]nc(N)c2C#N)C1. The molecule has 1 aliphatic rings. The molecule has 25 heavy (non-hydrogen) atoms. The molecule has 1 aromatic rings. The van der Waals surface area contributed by atoms with Gasteiger partial charge in [0.2, 0.25) is 0 Å². The summed E-state index contributed by atoms with van der Waals surface area (Å²) in [7, 11) is 0. The second-order valence-corrected chi connectivity index (χ2v) is 7.07. The standard InChI is InChI=1S/C17H29N7O/c1-12-8-13(2)11-24(10-12)7-6-21-17(25)20-5-3-4-15-14(9-18)16(19)23-22-15/h12-13H,3-8,10-11H2,1-2H3,(H3,19,22,23)(H2,20,21,25). The maximum Gasteiger partial charge on any atom is 0.314 e.